The van der Waals surface area contributed by atoms with Crippen LogP contribution in [0, 0.1) is 0 Å². The van der Waals surface area contributed by atoms with E-state index in [1.165, 1.54) is 0 Å². The fourth-order valence-electron chi connectivity index (χ4n) is 2.76. The molecule has 0 heterocycles. The Balaban J connectivity index is 3.02. The number of nitrogens with one attached hydrogen (secondary N) is 3. The fraction of sp³-hybridized carbons (Fsp3) is 0.400. The number of carboxylic acids is 2. The van der Waals surface area contributed by atoms with Crippen molar-refractivity contribution in [1.82, 2.24) is 16.0 Å². The number of aliphatic carboxylic acids is 2. The van der Waals surface area contributed by atoms with E-state index in [1.807, 2.05) is 0 Å². The number of hydrogen-bond donors (Lipinski definition) is 8. The van der Waals surface area contributed by atoms with Gasteiger partial charge in [-0.15, -0.1) is 0 Å². The van der Waals surface area contributed by atoms with E-state index in [2.05, 4.69) is 28.6 Å². The Hall–Kier alpha value is -3.65. The summed E-state index contributed by atoms with van der Waals surface area (Å²) in [6.45, 7) is 0. The highest BCUT2D eigenvalue weighted by molar-refractivity contribution is 7.80. The van der Waals surface area contributed by atoms with Gasteiger partial charge in [0, 0.05) is 12.2 Å². The first-order valence-corrected chi connectivity index (χ1v) is 10.6. The summed E-state index contributed by atoms with van der Waals surface area (Å²) >= 11 is 4.00. The van der Waals surface area contributed by atoms with E-state index in [9.17, 15) is 33.9 Å². The maximum Gasteiger partial charge on any atom is 0.326 e. The van der Waals surface area contributed by atoms with Crippen molar-refractivity contribution in [3.8, 4) is 0 Å². The number of carbonyl (C=O) groups is 6. The molecule has 0 aromatic heterocycles. The predicted molar refractivity (Wildman–Crippen MR) is 121 cm³/mol. The molecule has 4 unspecified atom stereocenters. The van der Waals surface area contributed by atoms with E-state index in [1.54, 1.807) is 30.3 Å². The van der Waals surface area contributed by atoms with Gasteiger partial charge in [0.1, 0.15) is 18.1 Å². The molecule has 34 heavy (non-hydrogen) atoms. The lowest BCUT2D eigenvalue weighted by Gasteiger charge is -2.24. The molecule has 13 nitrogen and oxygen atoms in total. The van der Waals surface area contributed by atoms with Gasteiger partial charge in [0.15, 0.2) is 0 Å². The van der Waals surface area contributed by atoms with E-state index in [-0.39, 0.29) is 12.2 Å². The highest BCUT2D eigenvalue weighted by atomic mass is 32.1. The molecule has 1 aromatic carbocycles. The third kappa shape index (κ3) is 9.87. The van der Waals surface area contributed by atoms with Crippen molar-refractivity contribution in [3.05, 3.63) is 35.9 Å². The molecule has 0 saturated carbocycles. The summed E-state index contributed by atoms with van der Waals surface area (Å²) in [4.78, 5) is 70.9. The van der Waals surface area contributed by atoms with Gasteiger partial charge in [-0.05, 0) is 5.56 Å². The second-order valence-electron chi connectivity index (χ2n) is 7.27. The number of nitrogens with two attached hydrogens (primary N) is 2. The van der Waals surface area contributed by atoms with Crippen molar-refractivity contribution in [3.63, 3.8) is 0 Å². The second kappa shape index (κ2) is 13.8. The predicted octanol–water partition coefficient (Wildman–Crippen LogP) is -2.62. The van der Waals surface area contributed by atoms with E-state index < -0.39 is 72.6 Å². The van der Waals surface area contributed by atoms with Gasteiger partial charge >= 0.3 is 11.9 Å². The smallest absolute Gasteiger partial charge is 0.326 e. The van der Waals surface area contributed by atoms with Gasteiger partial charge in [0.05, 0.1) is 18.9 Å². The Bertz CT molecular complexity index is 913. The van der Waals surface area contributed by atoms with Gasteiger partial charge in [-0.3, -0.25) is 24.0 Å². The number of benzene rings is 1. The molecule has 4 amide bonds. The Labute approximate surface area is 200 Å². The summed E-state index contributed by atoms with van der Waals surface area (Å²) in [6.07, 6.45) is -1.38. The minimum Gasteiger partial charge on any atom is -0.481 e. The molecule has 0 spiro atoms. The summed E-state index contributed by atoms with van der Waals surface area (Å²) in [5.74, 6) is -6.62. The number of hydrogen-bond acceptors (Lipinski definition) is 8. The van der Waals surface area contributed by atoms with Gasteiger partial charge in [-0.1, -0.05) is 30.3 Å². The molecule has 0 bridgehead atoms. The van der Waals surface area contributed by atoms with Crippen LogP contribution in [-0.2, 0) is 35.2 Å². The zero-order valence-electron chi connectivity index (χ0n) is 18.0. The second-order valence-corrected chi connectivity index (χ2v) is 7.63. The van der Waals surface area contributed by atoms with Crippen LogP contribution in [0.5, 0.6) is 0 Å². The third-order valence-electron chi connectivity index (χ3n) is 4.48. The van der Waals surface area contributed by atoms with Gasteiger partial charge in [-0.25, -0.2) is 4.79 Å². The largest absolute Gasteiger partial charge is 0.481 e. The van der Waals surface area contributed by atoms with Crippen LogP contribution in [0.3, 0.4) is 0 Å². The van der Waals surface area contributed by atoms with Gasteiger partial charge < -0.3 is 37.6 Å². The molecule has 4 atom stereocenters. The molecule has 0 fully saturated rings. The zero-order valence-corrected chi connectivity index (χ0v) is 18.9. The molecule has 0 aliphatic heterocycles. The van der Waals surface area contributed by atoms with Crippen LogP contribution in [-0.4, -0.2) is 75.7 Å². The summed E-state index contributed by atoms with van der Waals surface area (Å²) in [7, 11) is 0. The number of carbonyl (C=O) groups excluding carboxylic acids is 4. The minimum atomic E-state index is -1.62. The number of amides is 4. The van der Waals surface area contributed by atoms with Gasteiger partial charge in [-0.2, -0.15) is 12.6 Å². The Morgan fingerprint density at radius 2 is 1.35 bits per heavy atom. The third-order valence-corrected chi connectivity index (χ3v) is 4.85. The SMILES string of the molecule is NC(=O)CC(NC(=O)C(Cc1ccccc1)NC(=O)C(CS)NC(=O)C(N)CC(=O)O)C(=O)O. The van der Waals surface area contributed by atoms with Crippen molar-refractivity contribution < 1.29 is 39.0 Å². The Morgan fingerprint density at radius 3 is 1.85 bits per heavy atom. The minimum absolute atomic E-state index is 0.0485. The molecule has 0 aliphatic rings. The molecule has 1 aromatic rings. The average Bonchev–Trinajstić information content (AvgIpc) is 2.75. The Kier molecular flexibility index (Phi) is 11.5. The fourth-order valence-corrected chi connectivity index (χ4v) is 3.02. The van der Waals surface area contributed by atoms with Crippen LogP contribution >= 0.6 is 12.6 Å². The highest BCUT2D eigenvalue weighted by Crippen LogP contribution is 2.06. The molecular weight excluding hydrogens is 470 g/mol. The standard InChI is InChI=1S/C20H27N5O8S/c21-11(7-16(27)28)17(29)25-14(9-34)19(31)23-12(6-10-4-2-1-3-5-10)18(30)24-13(20(32)33)8-15(22)26/h1-5,11-14,34H,6-9,21H2,(H2,22,26)(H,23,31)(H,24,30)(H,25,29)(H,27,28)(H,32,33). The molecule has 1 rings (SSSR count). The van der Waals surface area contributed by atoms with Crippen LogP contribution in [0.2, 0.25) is 0 Å². The molecule has 186 valence electrons. The van der Waals surface area contributed by atoms with Gasteiger partial charge in [0.2, 0.25) is 23.6 Å². The van der Waals surface area contributed by atoms with E-state index >= 15 is 0 Å². The van der Waals surface area contributed by atoms with E-state index in [4.69, 9.17) is 16.6 Å². The summed E-state index contributed by atoms with van der Waals surface area (Å²) in [5, 5.41) is 24.8. The van der Waals surface area contributed by atoms with Crippen molar-refractivity contribution >= 4 is 48.2 Å². The van der Waals surface area contributed by atoms with Crippen LogP contribution in [0.4, 0.5) is 0 Å². The molecular formula is C20H27N5O8S. The summed E-state index contributed by atoms with van der Waals surface area (Å²) < 4.78 is 0. The lowest BCUT2D eigenvalue weighted by Crippen LogP contribution is -2.58. The van der Waals surface area contributed by atoms with E-state index in [0.717, 1.165) is 0 Å². The number of carboxylic acid groups (broad SMARTS) is 2. The summed E-state index contributed by atoms with van der Waals surface area (Å²) in [6, 6.07) is 2.87. The first-order valence-electron chi connectivity index (χ1n) is 9.99. The van der Waals surface area contributed by atoms with Crippen LogP contribution in [0.1, 0.15) is 18.4 Å². The first kappa shape index (κ1) is 28.4. The van der Waals surface area contributed by atoms with Crippen molar-refractivity contribution in [2.24, 2.45) is 11.5 Å². The first-order chi connectivity index (χ1) is 15.9. The maximum atomic E-state index is 12.8. The topological polar surface area (TPSA) is 231 Å². The number of rotatable bonds is 14. The van der Waals surface area contributed by atoms with Crippen LogP contribution in [0.15, 0.2) is 30.3 Å². The molecule has 0 radical (unpaired) electrons. The zero-order chi connectivity index (χ0) is 25.8. The highest BCUT2D eigenvalue weighted by Gasteiger charge is 2.31. The lowest BCUT2D eigenvalue weighted by atomic mass is 10.0. The molecule has 14 heteroatoms. The number of thiol groups is 1. The van der Waals surface area contributed by atoms with E-state index in [0.29, 0.717) is 5.56 Å². The van der Waals surface area contributed by atoms with Crippen molar-refractivity contribution in [1.29, 1.82) is 0 Å². The molecule has 0 saturated heterocycles. The molecule has 9 N–H and O–H groups in total. The normalized spacial score (nSPS) is 14.1. The lowest BCUT2D eigenvalue weighted by molar-refractivity contribution is -0.143. The van der Waals surface area contributed by atoms with Gasteiger partial charge in [0.25, 0.3) is 0 Å². The number of primary amides is 1. The quantitative estimate of drug-likeness (QED) is 0.125. The van der Waals surface area contributed by atoms with Crippen molar-refractivity contribution in [2.75, 3.05) is 5.75 Å². The van der Waals surface area contributed by atoms with Crippen molar-refractivity contribution in [2.45, 2.75) is 43.4 Å². The monoisotopic (exact) mass is 497 g/mol. The van der Waals surface area contributed by atoms with Crippen LogP contribution in [0.25, 0.3) is 0 Å². The average molecular weight is 498 g/mol. The Morgan fingerprint density at radius 1 is 0.824 bits per heavy atom. The van der Waals surface area contributed by atoms with Crippen LogP contribution < -0.4 is 27.4 Å². The summed E-state index contributed by atoms with van der Waals surface area (Å²) in [5.41, 5.74) is 11.1. The molecule has 0 aliphatic carbocycles. The maximum absolute atomic E-state index is 12.8.